The van der Waals surface area contributed by atoms with Crippen LogP contribution in [-0.2, 0) is 18.7 Å². The Morgan fingerprint density at radius 1 is 1.29 bits per heavy atom. The number of hydrogen-bond donors (Lipinski definition) is 2. The maximum Gasteiger partial charge on any atom is 0.254 e. The minimum atomic E-state index is -0.168. The summed E-state index contributed by atoms with van der Waals surface area (Å²) < 4.78 is 1.77. The van der Waals surface area contributed by atoms with E-state index in [1.807, 2.05) is 45.0 Å². The molecule has 0 spiro atoms. The Morgan fingerprint density at radius 2 is 1.95 bits per heavy atom. The topological polar surface area (TPSA) is 67.2 Å². The molecule has 0 saturated carbocycles. The lowest BCUT2D eigenvalue weighted by Crippen LogP contribution is -2.24. The van der Waals surface area contributed by atoms with E-state index in [-0.39, 0.29) is 18.1 Å². The maximum absolute atomic E-state index is 12.1. The average molecular weight is 287 g/mol. The van der Waals surface area contributed by atoms with Gasteiger partial charge in [-0.05, 0) is 31.9 Å². The SMILES string of the molecule is CC(C)(C)n1cc(C(=O)NCc2ccccc2CO)cn1. The molecule has 112 valence electrons. The molecule has 0 unspecified atom stereocenters. The second kappa shape index (κ2) is 6.10. The van der Waals surface area contributed by atoms with Crippen molar-refractivity contribution in [2.45, 2.75) is 39.5 Å². The largest absolute Gasteiger partial charge is 0.392 e. The Balaban J connectivity index is 2.03. The molecule has 0 aliphatic rings. The number of amides is 1. The van der Waals surface area contributed by atoms with E-state index in [0.717, 1.165) is 11.1 Å². The summed E-state index contributed by atoms with van der Waals surface area (Å²) in [4.78, 5) is 12.1. The first kappa shape index (κ1) is 15.3. The van der Waals surface area contributed by atoms with Crippen LogP contribution in [0.1, 0.15) is 42.3 Å². The van der Waals surface area contributed by atoms with Crippen LogP contribution in [-0.4, -0.2) is 20.8 Å². The Kier molecular flexibility index (Phi) is 4.43. The molecule has 2 rings (SSSR count). The number of carbonyl (C=O) groups is 1. The van der Waals surface area contributed by atoms with Gasteiger partial charge >= 0.3 is 0 Å². The molecule has 1 heterocycles. The number of benzene rings is 1. The van der Waals surface area contributed by atoms with Gasteiger partial charge in [0.15, 0.2) is 0 Å². The zero-order valence-corrected chi connectivity index (χ0v) is 12.6. The summed E-state index contributed by atoms with van der Waals surface area (Å²) in [6.07, 6.45) is 3.31. The minimum Gasteiger partial charge on any atom is -0.392 e. The molecule has 2 N–H and O–H groups in total. The third kappa shape index (κ3) is 3.70. The van der Waals surface area contributed by atoms with Crippen molar-refractivity contribution in [2.75, 3.05) is 0 Å². The number of carbonyl (C=O) groups excluding carboxylic acids is 1. The van der Waals surface area contributed by atoms with Crippen LogP contribution in [0.4, 0.5) is 0 Å². The predicted molar refractivity (Wildman–Crippen MR) is 80.8 cm³/mol. The summed E-state index contributed by atoms with van der Waals surface area (Å²) in [5.74, 6) is -0.168. The summed E-state index contributed by atoms with van der Waals surface area (Å²) in [5, 5.41) is 16.3. The lowest BCUT2D eigenvalue weighted by atomic mass is 10.1. The van der Waals surface area contributed by atoms with Crippen molar-refractivity contribution in [1.29, 1.82) is 0 Å². The fourth-order valence-electron chi connectivity index (χ4n) is 1.97. The van der Waals surface area contributed by atoms with Gasteiger partial charge in [-0.1, -0.05) is 24.3 Å². The third-order valence-corrected chi connectivity index (χ3v) is 3.26. The maximum atomic E-state index is 12.1. The number of nitrogens with zero attached hydrogens (tertiary/aromatic N) is 2. The van der Waals surface area contributed by atoms with Crippen LogP contribution in [0.2, 0.25) is 0 Å². The van der Waals surface area contributed by atoms with Gasteiger partial charge in [0, 0.05) is 12.7 Å². The highest BCUT2D eigenvalue weighted by Crippen LogP contribution is 2.13. The first-order valence-electron chi connectivity index (χ1n) is 6.93. The first-order valence-corrected chi connectivity index (χ1v) is 6.93. The lowest BCUT2D eigenvalue weighted by molar-refractivity contribution is 0.0950. The summed E-state index contributed by atoms with van der Waals surface area (Å²) in [5.41, 5.74) is 2.12. The molecular formula is C16H21N3O2. The number of aliphatic hydroxyl groups is 1. The highest BCUT2D eigenvalue weighted by atomic mass is 16.3. The number of aromatic nitrogens is 2. The summed E-state index contributed by atoms with van der Waals surface area (Å²) in [7, 11) is 0. The van der Waals surface area contributed by atoms with Gasteiger partial charge in [-0.3, -0.25) is 9.48 Å². The molecule has 1 aromatic heterocycles. The van der Waals surface area contributed by atoms with Crippen LogP contribution in [0, 0.1) is 0 Å². The van der Waals surface area contributed by atoms with Crippen LogP contribution in [0.25, 0.3) is 0 Å². The van der Waals surface area contributed by atoms with Gasteiger partial charge in [0.25, 0.3) is 5.91 Å². The van der Waals surface area contributed by atoms with Crippen LogP contribution < -0.4 is 5.32 Å². The lowest BCUT2D eigenvalue weighted by Gasteiger charge is -2.18. The molecule has 0 saturated heterocycles. The molecule has 0 aliphatic carbocycles. The second-order valence-corrected chi connectivity index (χ2v) is 5.95. The molecule has 21 heavy (non-hydrogen) atoms. The van der Waals surface area contributed by atoms with Crippen molar-refractivity contribution < 1.29 is 9.90 Å². The van der Waals surface area contributed by atoms with Crippen LogP contribution in [0.5, 0.6) is 0 Å². The minimum absolute atomic E-state index is 0.0337. The molecule has 5 nitrogen and oxygen atoms in total. The van der Waals surface area contributed by atoms with Crippen molar-refractivity contribution >= 4 is 5.91 Å². The van der Waals surface area contributed by atoms with E-state index >= 15 is 0 Å². The van der Waals surface area contributed by atoms with Crippen LogP contribution >= 0.6 is 0 Å². The van der Waals surface area contributed by atoms with Crippen molar-refractivity contribution in [3.05, 3.63) is 53.3 Å². The van der Waals surface area contributed by atoms with Crippen molar-refractivity contribution in [3.8, 4) is 0 Å². The van der Waals surface area contributed by atoms with Gasteiger partial charge in [-0.15, -0.1) is 0 Å². The number of hydrogen-bond acceptors (Lipinski definition) is 3. The fraction of sp³-hybridized carbons (Fsp3) is 0.375. The van der Waals surface area contributed by atoms with Crippen molar-refractivity contribution in [3.63, 3.8) is 0 Å². The zero-order valence-electron chi connectivity index (χ0n) is 12.6. The summed E-state index contributed by atoms with van der Waals surface area (Å²) >= 11 is 0. The fourth-order valence-corrected chi connectivity index (χ4v) is 1.97. The van der Waals surface area contributed by atoms with E-state index < -0.39 is 0 Å². The highest BCUT2D eigenvalue weighted by Gasteiger charge is 2.16. The van der Waals surface area contributed by atoms with Gasteiger partial charge in [0.2, 0.25) is 0 Å². The van der Waals surface area contributed by atoms with E-state index in [1.165, 1.54) is 0 Å². The summed E-state index contributed by atoms with van der Waals surface area (Å²) in [6, 6.07) is 7.49. The number of rotatable bonds is 4. The zero-order chi connectivity index (χ0) is 15.5. The Morgan fingerprint density at radius 3 is 2.52 bits per heavy atom. The quantitative estimate of drug-likeness (QED) is 0.904. The van der Waals surface area contributed by atoms with E-state index in [9.17, 15) is 9.90 Å². The molecule has 0 radical (unpaired) electrons. The van der Waals surface area contributed by atoms with E-state index in [1.54, 1.807) is 17.1 Å². The monoisotopic (exact) mass is 287 g/mol. The Bertz CT molecular complexity index is 626. The van der Waals surface area contributed by atoms with Crippen LogP contribution in [0.3, 0.4) is 0 Å². The molecule has 2 aromatic rings. The molecular weight excluding hydrogens is 266 g/mol. The Labute approximate surface area is 124 Å². The third-order valence-electron chi connectivity index (χ3n) is 3.26. The molecule has 0 atom stereocenters. The standard InChI is InChI=1S/C16H21N3O2/c1-16(2,3)19-10-14(9-18-19)15(21)17-8-12-6-4-5-7-13(12)11-20/h4-7,9-10,20H,8,11H2,1-3H3,(H,17,21). The van der Waals surface area contributed by atoms with Gasteiger partial charge in [-0.2, -0.15) is 5.10 Å². The van der Waals surface area contributed by atoms with Gasteiger partial charge in [0.1, 0.15) is 0 Å². The normalized spacial score (nSPS) is 11.4. The van der Waals surface area contributed by atoms with Crippen molar-refractivity contribution in [1.82, 2.24) is 15.1 Å². The van der Waals surface area contributed by atoms with Gasteiger partial charge in [-0.25, -0.2) is 0 Å². The molecule has 1 amide bonds. The number of nitrogens with one attached hydrogen (secondary N) is 1. The summed E-state index contributed by atoms with van der Waals surface area (Å²) in [6.45, 7) is 6.43. The molecule has 0 fully saturated rings. The van der Waals surface area contributed by atoms with E-state index in [0.29, 0.717) is 12.1 Å². The van der Waals surface area contributed by atoms with E-state index in [2.05, 4.69) is 10.4 Å². The van der Waals surface area contributed by atoms with Gasteiger partial charge in [0.05, 0.1) is 23.9 Å². The van der Waals surface area contributed by atoms with E-state index in [4.69, 9.17) is 0 Å². The molecule has 0 bridgehead atoms. The van der Waals surface area contributed by atoms with Crippen molar-refractivity contribution in [2.24, 2.45) is 0 Å². The van der Waals surface area contributed by atoms with Crippen LogP contribution in [0.15, 0.2) is 36.7 Å². The van der Waals surface area contributed by atoms with Gasteiger partial charge < -0.3 is 10.4 Å². The molecule has 1 aromatic carbocycles. The highest BCUT2D eigenvalue weighted by molar-refractivity contribution is 5.93. The Hall–Kier alpha value is -2.14. The first-order chi connectivity index (χ1) is 9.91. The second-order valence-electron chi connectivity index (χ2n) is 5.95. The predicted octanol–water partition coefficient (Wildman–Crippen LogP) is 2.06. The number of aliphatic hydroxyl groups excluding tert-OH is 1. The molecule has 0 aliphatic heterocycles. The average Bonchev–Trinajstić information content (AvgIpc) is 2.95. The molecule has 5 heteroatoms. The smallest absolute Gasteiger partial charge is 0.254 e.